The lowest BCUT2D eigenvalue weighted by Crippen LogP contribution is -2.38. The summed E-state index contributed by atoms with van der Waals surface area (Å²) < 4.78 is 23.3. The molecule has 0 radical (unpaired) electrons. The van der Waals surface area contributed by atoms with Crippen LogP contribution in [0.25, 0.3) is 0 Å². The largest absolute Gasteiger partial charge is 0.327 e. The van der Waals surface area contributed by atoms with E-state index in [-0.39, 0.29) is 22.4 Å². The van der Waals surface area contributed by atoms with Crippen LogP contribution < -0.4 is 5.32 Å². The highest BCUT2D eigenvalue weighted by Gasteiger charge is 2.56. The van der Waals surface area contributed by atoms with Crippen LogP contribution in [0.4, 0.5) is 0 Å². The minimum Gasteiger partial charge on any atom is -0.327 e. The topological polar surface area (TPSA) is 66.5 Å². The van der Waals surface area contributed by atoms with E-state index in [2.05, 4.69) is 5.32 Å². The molecule has 2 aliphatic heterocycles. The van der Waals surface area contributed by atoms with Crippen LogP contribution in [0.15, 0.2) is 0 Å². The molecule has 1 aliphatic carbocycles. The van der Waals surface area contributed by atoms with Crippen LogP contribution in [-0.2, 0) is 14.6 Å². The van der Waals surface area contributed by atoms with Crippen molar-refractivity contribution in [3.8, 4) is 0 Å². The van der Waals surface area contributed by atoms with Gasteiger partial charge >= 0.3 is 0 Å². The summed E-state index contributed by atoms with van der Waals surface area (Å²) in [6.45, 7) is 0.904. The van der Waals surface area contributed by atoms with Gasteiger partial charge in [-0.25, -0.2) is 8.42 Å². The summed E-state index contributed by atoms with van der Waals surface area (Å²) in [5.41, 5.74) is -0.303. The number of nitrogens with one attached hydrogen (secondary N) is 1. The molecular weight excluding hydrogens is 228 g/mol. The number of nitrogens with zero attached hydrogens (tertiary/aromatic N) is 1. The zero-order valence-electron chi connectivity index (χ0n) is 9.11. The third kappa shape index (κ3) is 1.47. The van der Waals surface area contributed by atoms with Gasteiger partial charge < -0.3 is 4.90 Å². The molecular formula is C10H16N2O3S. The normalized spacial score (nSPS) is 34.9. The standard InChI is InChI=1S/C10H16N2O3S/c13-9-10(3-4-10)11-7-12(9)6-8-2-1-5-16(8,14)15/h8,11H,1-7H2. The van der Waals surface area contributed by atoms with Gasteiger partial charge in [0.25, 0.3) is 0 Å². The molecule has 3 rings (SSSR count). The molecule has 3 fully saturated rings. The van der Waals surface area contributed by atoms with Crippen molar-refractivity contribution in [3.05, 3.63) is 0 Å². The van der Waals surface area contributed by atoms with Crippen LogP contribution in [0.5, 0.6) is 0 Å². The summed E-state index contributed by atoms with van der Waals surface area (Å²) >= 11 is 0. The third-order valence-corrected chi connectivity index (χ3v) is 6.20. The highest BCUT2D eigenvalue weighted by molar-refractivity contribution is 7.92. The fourth-order valence-corrected chi connectivity index (χ4v) is 4.50. The minimum atomic E-state index is -2.94. The number of hydrogen-bond acceptors (Lipinski definition) is 4. The Hall–Kier alpha value is -0.620. The van der Waals surface area contributed by atoms with Gasteiger partial charge in [0, 0.05) is 6.54 Å². The lowest BCUT2D eigenvalue weighted by Gasteiger charge is -2.19. The number of sulfone groups is 1. The quantitative estimate of drug-likeness (QED) is 0.710. The van der Waals surface area contributed by atoms with Gasteiger partial charge in [0.2, 0.25) is 5.91 Å². The first-order valence-corrected chi connectivity index (χ1v) is 7.51. The molecule has 1 N–H and O–H groups in total. The molecule has 5 nitrogen and oxygen atoms in total. The van der Waals surface area contributed by atoms with Crippen molar-refractivity contribution in [3.63, 3.8) is 0 Å². The fourth-order valence-electron chi connectivity index (χ4n) is 2.67. The van der Waals surface area contributed by atoms with E-state index in [1.165, 1.54) is 0 Å². The van der Waals surface area contributed by atoms with E-state index in [0.29, 0.717) is 19.6 Å². The Balaban J connectivity index is 1.70. The van der Waals surface area contributed by atoms with E-state index in [1.807, 2.05) is 0 Å². The van der Waals surface area contributed by atoms with Crippen LogP contribution in [-0.4, -0.2) is 49.0 Å². The zero-order valence-corrected chi connectivity index (χ0v) is 9.92. The lowest BCUT2D eigenvalue weighted by molar-refractivity contribution is -0.129. The first-order valence-electron chi connectivity index (χ1n) is 5.80. The molecule has 1 spiro atoms. The van der Waals surface area contributed by atoms with Crippen LogP contribution >= 0.6 is 0 Å². The summed E-state index contributed by atoms with van der Waals surface area (Å²) in [5.74, 6) is 0.396. The van der Waals surface area contributed by atoms with Crippen molar-refractivity contribution in [2.24, 2.45) is 0 Å². The van der Waals surface area contributed by atoms with E-state index >= 15 is 0 Å². The number of rotatable bonds is 2. The molecule has 2 heterocycles. The van der Waals surface area contributed by atoms with Crippen molar-refractivity contribution in [1.29, 1.82) is 0 Å². The molecule has 6 heteroatoms. The average Bonchev–Trinajstić information content (AvgIpc) is 2.86. The Morgan fingerprint density at radius 1 is 1.44 bits per heavy atom. The molecule has 16 heavy (non-hydrogen) atoms. The Kier molecular flexibility index (Phi) is 2.10. The van der Waals surface area contributed by atoms with E-state index < -0.39 is 9.84 Å². The Morgan fingerprint density at radius 3 is 2.69 bits per heavy atom. The van der Waals surface area contributed by atoms with E-state index in [4.69, 9.17) is 0 Å². The molecule has 90 valence electrons. The van der Waals surface area contributed by atoms with Gasteiger partial charge in [0.05, 0.1) is 23.2 Å². The second-order valence-corrected chi connectivity index (χ2v) is 7.48. The first kappa shape index (κ1) is 10.5. The third-order valence-electron chi connectivity index (χ3n) is 3.94. The number of carbonyl (C=O) groups is 1. The molecule has 2 saturated heterocycles. The molecule has 1 amide bonds. The molecule has 1 saturated carbocycles. The molecule has 1 unspecified atom stereocenters. The van der Waals surface area contributed by atoms with Crippen molar-refractivity contribution in [2.45, 2.75) is 36.5 Å². The SMILES string of the molecule is O=C1N(CC2CCCS2(=O)=O)CNC12CC2. The monoisotopic (exact) mass is 244 g/mol. The fraction of sp³-hybridized carbons (Fsp3) is 0.900. The predicted molar refractivity (Wildman–Crippen MR) is 58.5 cm³/mol. The maximum atomic E-state index is 12.0. The molecule has 1 atom stereocenters. The lowest BCUT2D eigenvalue weighted by atomic mass is 10.2. The van der Waals surface area contributed by atoms with Gasteiger partial charge in [-0.3, -0.25) is 10.1 Å². The average molecular weight is 244 g/mol. The zero-order chi connectivity index (χ0) is 11.4. The highest BCUT2D eigenvalue weighted by atomic mass is 32.2. The number of hydrogen-bond donors (Lipinski definition) is 1. The van der Waals surface area contributed by atoms with Crippen LogP contribution in [0.3, 0.4) is 0 Å². The molecule has 0 aromatic rings. The predicted octanol–water partition coefficient (Wildman–Crippen LogP) is -0.514. The second-order valence-electron chi connectivity index (χ2n) is 5.08. The number of amides is 1. The van der Waals surface area contributed by atoms with Crippen LogP contribution in [0.2, 0.25) is 0 Å². The maximum Gasteiger partial charge on any atom is 0.243 e. The van der Waals surface area contributed by atoms with Crippen molar-refractivity contribution >= 4 is 15.7 Å². The summed E-state index contributed by atoms with van der Waals surface area (Å²) in [7, 11) is -2.94. The smallest absolute Gasteiger partial charge is 0.243 e. The Bertz CT molecular complexity index is 427. The van der Waals surface area contributed by atoms with Crippen LogP contribution in [0.1, 0.15) is 25.7 Å². The van der Waals surface area contributed by atoms with Crippen LogP contribution in [0, 0.1) is 0 Å². The van der Waals surface area contributed by atoms with Gasteiger partial charge in [-0.1, -0.05) is 0 Å². The van der Waals surface area contributed by atoms with Gasteiger partial charge in [-0.05, 0) is 25.7 Å². The van der Waals surface area contributed by atoms with Gasteiger partial charge in [-0.2, -0.15) is 0 Å². The second kappa shape index (κ2) is 3.20. The maximum absolute atomic E-state index is 12.0. The first-order chi connectivity index (χ1) is 7.54. The summed E-state index contributed by atoms with van der Waals surface area (Å²) in [6, 6.07) is 0. The van der Waals surface area contributed by atoms with Gasteiger partial charge in [0.1, 0.15) is 0 Å². The Morgan fingerprint density at radius 2 is 2.19 bits per heavy atom. The summed E-state index contributed by atoms with van der Waals surface area (Å²) in [6.07, 6.45) is 3.26. The van der Waals surface area contributed by atoms with E-state index in [1.54, 1.807) is 4.90 Å². The minimum absolute atomic E-state index is 0.106. The van der Waals surface area contributed by atoms with Gasteiger partial charge in [0.15, 0.2) is 9.84 Å². The van der Waals surface area contributed by atoms with Gasteiger partial charge in [-0.15, -0.1) is 0 Å². The molecule has 0 bridgehead atoms. The van der Waals surface area contributed by atoms with E-state index in [9.17, 15) is 13.2 Å². The molecule has 0 aromatic heterocycles. The Labute approximate surface area is 95.1 Å². The summed E-state index contributed by atoms with van der Waals surface area (Å²) in [4.78, 5) is 13.6. The van der Waals surface area contributed by atoms with E-state index in [0.717, 1.165) is 19.3 Å². The van der Waals surface area contributed by atoms with Crippen molar-refractivity contribution < 1.29 is 13.2 Å². The van der Waals surface area contributed by atoms with Crippen molar-refractivity contribution in [2.75, 3.05) is 19.0 Å². The number of carbonyl (C=O) groups excluding carboxylic acids is 1. The highest BCUT2D eigenvalue weighted by Crippen LogP contribution is 2.40. The van der Waals surface area contributed by atoms with Crippen molar-refractivity contribution in [1.82, 2.24) is 10.2 Å². The summed E-state index contributed by atoms with van der Waals surface area (Å²) in [5, 5.41) is 2.86. The molecule has 3 aliphatic rings. The molecule has 0 aromatic carbocycles.